The predicted octanol–water partition coefficient (Wildman–Crippen LogP) is 6.62. The van der Waals surface area contributed by atoms with E-state index in [1.165, 1.54) is 16.7 Å². The fourth-order valence-corrected chi connectivity index (χ4v) is 4.17. The second-order valence-corrected chi connectivity index (χ2v) is 8.60. The number of carboxylic acids is 1. The SMILES string of the molecule is Cc1cc(OCC(=O)O)cc(C)c1C(C)c1ccc(OCc2ccccc2)c(C(C)C)c1. The highest BCUT2D eigenvalue weighted by Crippen LogP contribution is 2.36. The summed E-state index contributed by atoms with van der Waals surface area (Å²) in [6.45, 7) is 10.9. The summed E-state index contributed by atoms with van der Waals surface area (Å²) in [5.41, 5.74) is 6.99. The van der Waals surface area contributed by atoms with Crippen LogP contribution in [0.1, 0.15) is 66.0 Å². The lowest BCUT2D eigenvalue weighted by Gasteiger charge is -2.22. The number of aryl methyl sites for hydroxylation is 2. The molecule has 0 saturated heterocycles. The molecule has 4 heteroatoms. The molecule has 0 amide bonds. The van der Waals surface area contributed by atoms with Crippen LogP contribution in [0.5, 0.6) is 11.5 Å². The number of aliphatic carboxylic acids is 1. The highest BCUT2D eigenvalue weighted by atomic mass is 16.5. The van der Waals surface area contributed by atoms with Crippen LogP contribution in [-0.2, 0) is 11.4 Å². The molecule has 168 valence electrons. The Kier molecular flexibility index (Phi) is 7.57. The lowest BCUT2D eigenvalue weighted by Crippen LogP contribution is -2.10. The molecule has 0 spiro atoms. The number of rotatable bonds is 9. The van der Waals surface area contributed by atoms with Crippen LogP contribution in [0.25, 0.3) is 0 Å². The van der Waals surface area contributed by atoms with Gasteiger partial charge in [-0.1, -0.05) is 63.2 Å². The van der Waals surface area contributed by atoms with Gasteiger partial charge < -0.3 is 14.6 Å². The number of hydrogen-bond donors (Lipinski definition) is 1. The molecule has 1 N–H and O–H groups in total. The molecule has 0 saturated carbocycles. The number of carboxylic acid groups (broad SMARTS) is 1. The van der Waals surface area contributed by atoms with Crippen molar-refractivity contribution in [3.8, 4) is 11.5 Å². The van der Waals surface area contributed by atoms with E-state index in [0.29, 0.717) is 18.3 Å². The lowest BCUT2D eigenvalue weighted by molar-refractivity contribution is -0.139. The van der Waals surface area contributed by atoms with E-state index in [0.717, 1.165) is 22.4 Å². The molecular formula is C28H32O4. The molecule has 0 aliphatic heterocycles. The quantitative estimate of drug-likeness (QED) is 0.413. The Balaban J connectivity index is 1.85. The normalized spacial score (nSPS) is 11.9. The first-order valence-electron chi connectivity index (χ1n) is 11.0. The predicted molar refractivity (Wildman–Crippen MR) is 128 cm³/mol. The van der Waals surface area contributed by atoms with Gasteiger partial charge in [0.05, 0.1) is 0 Å². The average Bonchev–Trinajstić information content (AvgIpc) is 2.76. The van der Waals surface area contributed by atoms with Crippen molar-refractivity contribution in [2.75, 3.05) is 6.61 Å². The van der Waals surface area contributed by atoms with Gasteiger partial charge in [-0.25, -0.2) is 4.79 Å². The Morgan fingerprint density at radius 3 is 2.16 bits per heavy atom. The van der Waals surface area contributed by atoms with Crippen molar-refractivity contribution in [2.45, 2.75) is 53.1 Å². The van der Waals surface area contributed by atoms with Crippen LogP contribution >= 0.6 is 0 Å². The zero-order valence-corrected chi connectivity index (χ0v) is 19.5. The van der Waals surface area contributed by atoms with Crippen molar-refractivity contribution in [3.05, 3.63) is 94.0 Å². The molecule has 3 rings (SSSR count). The number of carbonyl (C=O) groups is 1. The van der Waals surface area contributed by atoms with E-state index >= 15 is 0 Å². The molecule has 0 fully saturated rings. The number of benzene rings is 3. The Morgan fingerprint density at radius 1 is 0.906 bits per heavy atom. The van der Waals surface area contributed by atoms with Gasteiger partial charge >= 0.3 is 5.97 Å². The number of hydrogen-bond acceptors (Lipinski definition) is 3. The zero-order valence-electron chi connectivity index (χ0n) is 19.5. The van der Waals surface area contributed by atoms with Gasteiger partial charge in [0.2, 0.25) is 0 Å². The topological polar surface area (TPSA) is 55.8 Å². The Labute approximate surface area is 190 Å². The summed E-state index contributed by atoms with van der Waals surface area (Å²) < 4.78 is 11.6. The van der Waals surface area contributed by atoms with Crippen molar-refractivity contribution in [1.82, 2.24) is 0 Å². The summed E-state index contributed by atoms with van der Waals surface area (Å²) in [6.07, 6.45) is 0. The largest absolute Gasteiger partial charge is 0.489 e. The average molecular weight is 433 g/mol. The van der Waals surface area contributed by atoms with Crippen LogP contribution in [0.4, 0.5) is 0 Å². The lowest BCUT2D eigenvalue weighted by atomic mass is 9.85. The second-order valence-electron chi connectivity index (χ2n) is 8.60. The second kappa shape index (κ2) is 10.4. The molecule has 0 aliphatic rings. The van der Waals surface area contributed by atoms with E-state index in [1.807, 2.05) is 44.2 Å². The van der Waals surface area contributed by atoms with Crippen LogP contribution in [0, 0.1) is 13.8 Å². The maximum Gasteiger partial charge on any atom is 0.341 e. The molecule has 0 bridgehead atoms. The molecule has 3 aromatic carbocycles. The van der Waals surface area contributed by atoms with Crippen LogP contribution in [0.3, 0.4) is 0 Å². The molecule has 0 aliphatic carbocycles. The van der Waals surface area contributed by atoms with Crippen molar-refractivity contribution in [3.63, 3.8) is 0 Å². The standard InChI is InChI=1S/C28H32O4/c1-18(2)25-15-23(11-12-26(25)32-16-22-9-7-6-8-10-22)21(5)28-19(3)13-24(14-20(28)4)31-17-27(29)30/h6-15,18,21H,16-17H2,1-5H3,(H,29,30). The van der Waals surface area contributed by atoms with E-state index in [2.05, 4.69) is 51.1 Å². The summed E-state index contributed by atoms with van der Waals surface area (Å²) in [4.78, 5) is 10.8. The molecule has 3 aromatic rings. The van der Waals surface area contributed by atoms with Gasteiger partial charge in [-0.3, -0.25) is 0 Å². The Bertz CT molecular complexity index is 1050. The first kappa shape index (κ1) is 23.4. The van der Waals surface area contributed by atoms with E-state index in [1.54, 1.807) is 0 Å². The van der Waals surface area contributed by atoms with Crippen LogP contribution in [0.2, 0.25) is 0 Å². The van der Waals surface area contributed by atoms with Crippen LogP contribution in [-0.4, -0.2) is 17.7 Å². The summed E-state index contributed by atoms with van der Waals surface area (Å²) >= 11 is 0. The molecule has 4 nitrogen and oxygen atoms in total. The minimum Gasteiger partial charge on any atom is -0.489 e. The van der Waals surface area contributed by atoms with Crippen molar-refractivity contribution < 1.29 is 19.4 Å². The van der Waals surface area contributed by atoms with E-state index in [9.17, 15) is 4.79 Å². The summed E-state index contributed by atoms with van der Waals surface area (Å²) in [5.74, 6) is 1.05. The minimum absolute atomic E-state index is 0.184. The molecule has 1 unspecified atom stereocenters. The Hall–Kier alpha value is -3.27. The van der Waals surface area contributed by atoms with Crippen molar-refractivity contribution >= 4 is 5.97 Å². The molecule has 0 heterocycles. The fourth-order valence-electron chi connectivity index (χ4n) is 4.17. The maximum atomic E-state index is 10.8. The van der Waals surface area contributed by atoms with Gasteiger partial charge in [0.25, 0.3) is 0 Å². The van der Waals surface area contributed by atoms with Gasteiger partial charge in [0.1, 0.15) is 18.1 Å². The van der Waals surface area contributed by atoms with E-state index < -0.39 is 5.97 Å². The smallest absolute Gasteiger partial charge is 0.341 e. The van der Waals surface area contributed by atoms with Crippen molar-refractivity contribution in [1.29, 1.82) is 0 Å². The molecule has 1 atom stereocenters. The van der Waals surface area contributed by atoms with Crippen LogP contribution in [0.15, 0.2) is 60.7 Å². The van der Waals surface area contributed by atoms with Gasteiger partial charge in [0.15, 0.2) is 6.61 Å². The first-order valence-corrected chi connectivity index (χ1v) is 11.0. The summed E-state index contributed by atoms with van der Waals surface area (Å²) in [7, 11) is 0. The summed E-state index contributed by atoms with van der Waals surface area (Å²) in [6, 6.07) is 20.5. The first-order chi connectivity index (χ1) is 15.3. The van der Waals surface area contributed by atoms with Gasteiger partial charge in [-0.15, -0.1) is 0 Å². The third-order valence-corrected chi connectivity index (χ3v) is 5.76. The van der Waals surface area contributed by atoms with Gasteiger partial charge in [-0.05, 0) is 71.3 Å². The fraction of sp³-hybridized carbons (Fsp3) is 0.321. The molecule has 32 heavy (non-hydrogen) atoms. The van der Waals surface area contributed by atoms with Crippen molar-refractivity contribution in [2.24, 2.45) is 0 Å². The zero-order chi connectivity index (χ0) is 23.3. The molecule has 0 radical (unpaired) electrons. The third-order valence-electron chi connectivity index (χ3n) is 5.76. The summed E-state index contributed by atoms with van der Waals surface area (Å²) in [5, 5.41) is 8.87. The minimum atomic E-state index is -0.978. The monoisotopic (exact) mass is 432 g/mol. The Morgan fingerprint density at radius 2 is 1.56 bits per heavy atom. The highest BCUT2D eigenvalue weighted by Gasteiger charge is 2.18. The highest BCUT2D eigenvalue weighted by molar-refractivity contribution is 5.68. The van der Waals surface area contributed by atoms with Gasteiger partial charge in [0, 0.05) is 5.92 Å². The third kappa shape index (κ3) is 5.70. The molecule has 0 aromatic heterocycles. The molecular weight excluding hydrogens is 400 g/mol. The number of ether oxygens (including phenoxy) is 2. The van der Waals surface area contributed by atoms with E-state index in [-0.39, 0.29) is 12.5 Å². The van der Waals surface area contributed by atoms with Gasteiger partial charge in [-0.2, -0.15) is 0 Å². The van der Waals surface area contributed by atoms with E-state index in [4.69, 9.17) is 14.6 Å². The van der Waals surface area contributed by atoms with Crippen LogP contribution < -0.4 is 9.47 Å². The maximum absolute atomic E-state index is 10.8.